The number of likely N-dealkylation sites (N-methyl/N-ethyl adjacent to an activating group) is 1. The van der Waals surface area contributed by atoms with Crippen LogP contribution in [0.5, 0.6) is 0 Å². The summed E-state index contributed by atoms with van der Waals surface area (Å²) in [4.78, 5) is 46.7. The highest BCUT2D eigenvalue weighted by atomic mass is 17.2. The van der Waals surface area contributed by atoms with Crippen molar-refractivity contribution in [1.82, 2.24) is 14.7 Å². The predicted molar refractivity (Wildman–Crippen MR) is 86.0 cm³/mol. The molecule has 25 heavy (non-hydrogen) atoms. The minimum Gasteiger partial charge on any atom is -0.480 e. The van der Waals surface area contributed by atoms with E-state index in [-0.39, 0.29) is 26.4 Å². The lowest BCUT2D eigenvalue weighted by Gasteiger charge is -2.27. The minimum absolute atomic E-state index is 0.132. The zero-order chi connectivity index (χ0) is 19.2. The van der Waals surface area contributed by atoms with Crippen LogP contribution in [0.1, 0.15) is 6.92 Å². The Kier molecular flexibility index (Phi) is 12.5. The van der Waals surface area contributed by atoms with Crippen LogP contribution in [0.2, 0.25) is 0 Å². The standard InChI is InChI=1S/C14H27N3O8/c1-3-15(11-25-24-2)4-5-16(8-12(18)19)6-7-17(9-13(20)21)10-14(22)23/h3-11H2,1-2H3,(H,18,19)(H,20,21)(H,22,23). The van der Waals surface area contributed by atoms with Crippen LogP contribution in [0.25, 0.3) is 0 Å². The molecule has 0 aliphatic heterocycles. The third kappa shape index (κ3) is 13.2. The lowest BCUT2D eigenvalue weighted by atomic mass is 10.3. The maximum Gasteiger partial charge on any atom is 0.317 e. The van der Waals surface area contributed by atoms with E-state index in [1.54, 1.807) is 4.90 Å². The summed E-state index contributed by atoms with van der Waals surface area (Å²) in [6, 6.07) is 0. The van der Waals surface area contributed by atoms with Crippen LogP contribution in [-0.4, -0.2) is 114 Å². The van der Waals surface area contributed by atoms with E-state index in [0.717, 1.165) is 0 Å². The number of rotatable bonds is 16. The summed E-state index contributed by atoms with van der Waals surface area (Å²) in [5.74, 6) is -3.29. The van der Waals surface area contributed by atoms with Crippen molar-refractivity contribution in [3.63, 3.8) is 0 Å². The van der Waals surface area contributed by atoms with Gasteiger partial charge in [0, 0.05) is 26.2 Å². The Labute approximate surface area is 146 Å². The molecule has 0 radical (unpaired) electrons. The Hall–Kier alpha value is -1.79. The topological polar surface area (TPSA) is 140 Å². The Bertz CT molecular complexity index is 405. The van der Waals surface area contributed by atoms with Crippen molar-refractivity contribution in [3.05, 3.63) is 0 Å². The second-order valence-corrected chi connectivity index (χ2v) is 5.29. The first-order valence-electron chi connectivity index (χ1n) is 7.76. The SMILES string of the molecule is CCN(CCN(CCN(CC(=O)O)CC(=O)O)CC(=O)O)COOC. The summed E-state index contributed by atoms with van der Waals surface area (Å²) in [6.45, 7) is 3.05. The number of aliphatic carboxylic acids is 3. The van der Waals surface area contributed by atoms with Crippen LogP contribution in [-0.2, 0) is 24.2 Å². The van der Waals surface area contributed by atoms with Crippen molar-refractivity contribution in [3.8, 4) is 0 Å². The molecule has 0 amide bonds. The average Bonchev–Trinajstić information content (AvgIpc) is 2.50. The molecule has 11 nitrogen and oxygen atoms in total. The highest BCUT2D eigenvalue weighted by Crippen LogP contribution is 1.97. The maximum atomic E-state index is 11.0. The van der Waals surface area contributed by atoms with Gasteiger partial charge in [-0.15, -0.1) is 0 Å². The fourth-order valence-electron chi connectivity index (χ4n) is 2.06. The minimum atomic E-state index is -1.14. The second kappa shape index (κ2) is 13.5. The van der Waals surface area contributed by atoms with Crippen LogP contribution in [0, 0.1) is 0 Å². The van der Waals surface area contributed by atoms with Crippen molar-refractivity contribution >= 4 is 17.9 Å². The molecule has 0 spiro atoms. The third-order valence-electron chi connectivity index (χ3n) is 3.34. The molecule has 3 N–H and O–H groups in total. The Morgan fingerprint density at radius 2 is 1.16 bits per heavy atom. The van der Waals surface area contributed by atoms with Crippen molar-refractivity contribution in [1.29, 1.82) is 0 Å². The lowest BCUT2D eigenvalue weighted by molar-refractivity contribution is -0.295. The van der Waals surface area contributed by atoms with Crippen LogP contribution >= 0.6 is 0 Å². The summed E-state index contributed by atoms with van der Waals surface area (Å²) < 4.78 is 0. The first kappa shape index (κ1) is 23.2. The van der Waals surface area contributed by atoms with Crippen LogP contribution in [0.3, 0.4) is 0 Å². The summed E-state index contributed by atoms with van der Waals surface area (Å²) in [7, 11) is 1.39. The van der Waals surface area contributed by atoms with Gasteiger partial charge >= 0.3 is 17.9 Å². The Balaban J connectivity index is 4.59. The van der Waals surface area contributed by atoms with E-state index in [4.69, 9.17) is 20.2 Å². The highest BCUT2D eigenvalue weighted by Gasteiger charge is 2.17. The van der Waals surface area contributed by atoms with Crippen LogP contribution in [0.15, 0.2) is 0 Å². The third-order valence-corrected chi connectivity index (χ3v) is 3.34. The molecule has 11 heteroatoms. The van der Waals surface area contributed by atoms with E-state index in [2.05, 4.69) is 4.89 Å². The van der Waals surface area contributed by atoms with Gasteiger partial charge in [0.05, 0.1) is 26.7 Å². The van der Waals surface area contributed by atoms with Gasteiger partial charge in [-0.1, -0.05) is 6.92 Å². The Morgan fingerprint density at radius 3 is 1.56 bits per heavy atom. The highest BCUT2D eigenvalue weighted by molar-refractivity contribution is 5.72. The van der Waals surface area contributed by atoms with E-state index < -0.39 is 31.0 Å². The molecule has 0 saturated carbocycles. The van der Waals surface area contributed by atoms with Gasteiger partial charge in [-0.05, 0) is 6.54 Å². The van der Waals surface area contributed by atoms with Gasteiger partial charge in [0.2, 0.25) is 0 Å². The smallest absolute Gasteiger partial charge is 0.317 e. The van der Waals surface area contributed by atoms with Crippen LogP contribution < -0.4 is 0 Å². The molecule has 0 saturated heterocycles. The molecule has 0 aliphatic carbocycles. The second-order valence-electron chi connectivity index (χ2n) is 5.29. The molecule has 146 valence electrons. The van der Waals surface area contributed by atoms with Gasteiger partial charge in [0.1, 0.15) is 6.73 Å². The molecule has 0 aromatic heterocycles. The summed E-state index contributed by atoms with van der Waals surface area (Å²) >= 11 is 0. The molecular weight excluding hydrogens is 338 g/mol. The molecule has 0 fully saturated rings. The number of nitrogens with zero attached hydrogens (tertiary/aromatic N) is 3. The van der Waals surface area contributed by atoms with Gasteiger partial charge in [-0.25, -0.2) is 9.78 Å². The number of carbonyl (C=O) groups is 3. The number of hydrogen-bond donors (Lipinski definition) is 3. The lowest BCUT2D eigenvalue weighted by Crippen LogP contribution is -2.44. The zero-order valence-electron chi connectivity index (χ0n) is 14.6. The number of carboxylic acids is 3. The fraction of sp³-hybridized carbons (Fsp3) is 0.786. The van der Waals surface area contributed by atoms with E-state index in [1.807, 2.05) is 11.8 Å². The molecule has 0 atom stereocenters. The largest absolute Gasteiger partial charge is 0.480 e. The van der Waals surface area contributed by atoms with Crippen molar-refractivity contribution in [2.45, 2.75) is 6.92 Å². The van der Waals surface area contributed by atoms with E-state index in [0.29, 0.717) is 19.6 Å². The first-order chi connectivity index (χ1) is 11.8. The molecule has 0 aromatic carbocycles. The monoisotopic (exact) mass is 365 g/mol. The quantitative estimate of drug-likeness (QED) is 0.171. The molecule has 0 unspecified atom stereocenters. The Morgan fingerprint density at radius 1 is 0.760 bits per heavy atom. The van der Waals surface area contributed by atoms with Crippen molar-refractivity contribution in [2.75, 3.05) is 66.2 Å². The molecular formula is C14H27N3O8. The van der Waals surface area contributed by atoms with Gasteiger partial charge in [0.15, 0.2) is 0 Å². The van der Waals surface area contributed by atoms with E-state index in [1.165, 1.54) is 12.0 Å². The van der Waals surface area contributed by atoms with Gasteiger partial charge < -0.3 is 15.3 Å². The van der Waals surface area contributed by atoms with Crippen LogP contribution in [0.4, 0.5) is 0 Å². The molecule has 0 heterocycles. The van der Waals surface area contributed by atoms with Crippen molar-refractivity contribution < 1.29 is 39.5 Å². The van der Waals surface area contributed by atoms with Gasteiger partial charge in [-0.2, -0.15) is 0 Å². The molecule has 0 aliphatic rings. The van der Waals surface area contributed by atoms with Gasteiger partial charge in [-0.3, -0.25) is 29.1 Å². The zero-order valence-corrected chi connectivity index (χ0v) is 14.6. The predicted octanol–water partition coefficient (Wildman–Crippen LogP) is -1.30. The normalized spacial score (nSPS) is 11.4. The number of hydrogen-bond acceptors (Lipinski definition) is 8. The summed E-state index contributed by atoms with van der Waals surface area (Å²) in [5.41, 5.74) is 0. The fourth-order valence-corrected chi connectivity index (χ4v) is 2.06. The van der Waals surface area contributed by atoms with Gasteiger partial charge in [0.25, 0.3) is 0 Å². The van der Waals surface area contributed by atoms with E-state index >= 15 is 0 Å². The summed E-state index contributed by atoms with van der Waals surface area (Å²) in [6.07, 6.45) is 0. The molecule has 0 rings (SSSR count). The molecule has 0 aromatic rings. The van der Waals surface area contributed by atoms with E-state index in [9.17, 15) is 14.4 Å². The number of carboxylic acid groups (broad SMARTS) is 3. The maximum absolute atomic E-state index is 11.0. The molecule has 0 bridgehead atoms. The van der Waals surface area contributed by atoms with Crippen molar-refractivity contribution in [2.24, 2.45) is 0 Å². The first-order valence-corrected chi connectivity index (χ1v) is 7.76. The average molecular weight is 365 g/mol. The summed E-state index contributed by atoms with van der Waals surface area (Å²) in [5, 5.41) is 26.6.